The van der Waals surface area contributed by atoms with Gasteiger partial charge in [0.2, 0.25) is 0 Å². The lowest BCUT2D eigenvalue weighted by Crippen LogP contribution is -2.50. The molecule has 1 fully saturated rings. The van der Waals surface area contributed by atoms with Crippen molar-refractivity contribution in [1.82, 2.24) is 19.9 Å². The van der Waals surface area contributed by atoms with Gasteiger partial charge in [0.15, 0.2) is 15.5 Å². The predicted molar refractivity (Wildman–Crippen MR) is 137 cm³/mol. The number of benzene rings is 1. The van der Waals surface area contributed by atoms with Gasteiger partial charge in [-0.05, 0) is 75.4 Å². The van der Waals surface area contributed by atoms with E-state index in [-0.39, 0.29) is 17.2 Å². The molecule has 1 saturated carbocycles. The number of fused-ring (bicyclic) bond motifs is 1. The number of pyridine rings is 1. The van der Waals surface area contributed by atoms with E-state index in [0.717, 1.165) is 22.6 Å². The van der Waals surface area contributed by atoms with Crippen molar-refractivity contribution < 1.29 is 23.1 Å². The van der Waals surface area contributed by atoms with Gasteiger partial charge in [0.1, 0.15) is 11.4 Å². The van der Waals surface area contributed by atoms with E-state index in [0.29, 0.717) is 12.8 Å². The molecule has 4 rings (SSSR count). The molecule has 0 aliphatic heterocycles. The van der Waals surface area contributed by atoms with Gasteiger partial charge < -0.3 is 15.2 Å². The van der Waals surface area contributed by atoms with Crippen LogP contribution in [-0.2, 0) is 14.6 Å². The quantitative estimate of drug-likeness (QED) is 0.525. The van der Waals surface area contributed by atoms with Gasteiger partial charge in [0, 0.05) is 12.1 Å². The molecule has 2 aromatic heterocycles. The van der Waals surface area contributed by atoms with Crippen molar-refractivity contribution in [2.45, 2.75) is 87.7 Å². The largest absolute Gasteiger partial charge is 0.444 e. The Labute approximate surface area is 211 Å². The van der Waals surface area contributed by atoms with Gasteiger partial charge in [0.05, 0.1) is 22.3 Å². The number of carbonyl (C=O) groups excluding carboxylic acids is 1. The molecule has 2 heterocycles. The summed E-state index contributed by atoms with van der Waals surface area (Å²) in [6.07, 6.45) is 1.10. The predicted octanol–water partition coefficient (Wildman–Crippen LogP) is 4.10. The molecule has 1 amide bonds. The van der Waals surface area contributed by atoms with Crippen LogP contribution in [0.15, 0.2) is 47.5 Å². The van der Waals surface area contributed by atoms with E-state index in [4.69, 9.17) is 4.74 Å². The van der Waals surface area contributed by atoms with Gasteiger partial charge in [0.25, 0.3) is 0 Å². The number of hydrogen-bond acceptors (Lipinski definition) is 7. The van der Waals surface area contributed by atoms with Crippen molar-refractivity contribution >= 4 is 21.6 Å². The van der Waals surface area contributed by atoms with Crippen LogP contribution in [0.2, 0.25) is 0 Å². The number of ether oxygens (including phenoxy) is 1. The van der Waals surface area contributed by atoms with Crippen molar-refractivity contribution in [3.05, 3.63) is 48.4 Å². The maximum absolute atomic E-state index is 13.3. The molecular weight excluding hydrogens is 480 g/mol. The van der Waals surface area contributed by atoms with Crippen LogP contribution in [0, 0.1) is 0 Å². The normalized spacial score (nSPS) is 21.0. The topological polar surface area (TPSA) is 123 Å². The summed E-state index contributed by atoms with van der Waals surface area (Å²) in [4.78, 5) is 12.3. The molecule has 1 aliphatic rings. The summed E-state index contributed by atoms with van der Waals surface area (Å²) in [6, 6.07) is 10.1. The third kappa shape index (κ3) is 5.54. The average Bonchev–Trinajstić information content (AvgIpc) is 3.23. The van der Waals surface area contributed by atoms with Gasteiger partial charge in [-0.1, -0.05) is 26.0 Å². The van der Waals surface area contributed by atoms with Crippen LogP contribution >= 0.6 is 0 Å². The third-order valence-corrected chi connectivity index (χ3v) is 8.61. The van der Waals surface area contributed by atoms with Gasteiger partial charge in [-0.3, -0.25) is 4.40 Å². The van der Waals surface area contributed by atoms with E-state index in [1.807, 2.05) is 22.7 Å². The Morgan fingerprint density at radius 3 is 2.36 bits per heavy atom. The van der Waals surface area contributed by atoms with Crippen molar-refractivity contribution in [3.8, 4) is 11.1 Å². The number of hydrogen-bond donors (Lipinski definition) is 2. The Balaban J connectivity index is 1.46. The Kier molecular flexibility index (Phi) is 7.12. The first-order valence-electron chi connectivity index (χ1n) is 12.2. The monoisotopic (exact) mass is 514 g/mol. The first kappa shape index (κ1) is 26.1. The molecule has 9 nitrogen and oxygen atoms in total. The third-order valence-electron chi connectivity index (χ3n) is 6.37. The lowest BCUT2D eigenvalue weighted by Gasteiger charge is -2.33. The second-order valence-electron chi connectivity index (χ2n) is 10.7. The van der Waals surface area contributed by atoms with Crippen molar-refractivity contribution in [2.24, 2.45) is 0 Å². The van der Waals surface area contributed by atoms with E-state index in [1.54, 1.807) is 45.0 Å². The lowest BCUT2D eigenvalue weighted by atomic mass is 9.92. The first-order valence-corrected chi connectivity index (χ1v) is 13.8. The number of amides is 1. The molecule has 0 radical (unpaired) electrons. The highest BCUT2D eigenvalue weighted by atomic mass is 32.2. The van der Waals surface area contributed by atoms with E-state index in [9.17, 15) is 18.3 Å². The minimum Gasteiger partial charge on any atom is -0.444 e. The number of rotatable bonds is 5. The Bertz CT molecular complexity index is 1340. The number of carbonyl (C=O) groups is 1. The summed E-state index contributed by atoms with van der Waals surface area (Å²) in [5, 5.41) is 21.0. The van der Waals surface area contributed by atoms with Gasteiger partial charge in [-0.15, -0.1) is 10.2 Å². The molecule has 3 atom stereocenters. The Hall–Kier alpha value is -2.98. The zero-order chi connectivity index (χ0) is 26.3. The van der Waals surface area contributed by atoms with Crippen LogP contribution in [0.25, 0.3) is 16.8 Å². The molecule has 0 spiro atoms. The summed E-state index contributed by atoms with van der Waals surface area (Å²) in [7, 11) is -3.65. The smallest absolute Gasteiger partial charge is 0.407 e. The molecule has 36 heavy (non-hydrogen) atoms. The summed E-state index contributed by atoms with van der Waals surface area (Å²) in [6.45, 7) is 9.39. The molecule has 0 saturated heterocycles. The minimum atomic E-state index is -3.65. The number of nitrogens with zero attached hydrogens (tertiary/aromatic N) is 3. The maximum atomic E-state index is 13.3. The molecule has 0 unspecified atom stereocenters. The second kappa shape index (κ2) is 9.82. The maximum Gasteiger partial charge on any atom is 0.407 e. The van der Waals surface area contributed by atoms with Crippen molar-refractivity contribution in [2.75, 3.05) is 0 Å². The van der Waals surface area contributed by atoms with Gasteiger partial charge in [-0.25, -0.2) is 13.2 Å². The summed E-state index contributed by atoms with van der Waals surface area (Å²) in [5.41, 5.74) is 1.92. The minimum absolute atomic E-state index is 0.0484. The summed E-state index contributed by atoms with van der Waals surface area (Å²) < 4.78 is 33.8. The number of aliphatic hydroxyl groups excluding tert-OH is 1. The van der Waals surface area contributed by atoms with Crippen LogP contribution in [0.4, 0.5) is 4.79 Å². The zero-order valence-corrected chi connectivity index (χ0v) is 22.1. The average molecular weight is 515 g/mol. The molecular formula is C26H34N4O5S. The van der Waals surface area contributed by atoms with Crippen LogP contribution in [0.1, 0.15) is 65.6 Å². The van der Waals surface area contributed by atoms with Crippen LogP contribution in [-0.4, -0.2) is 57.2 Å². The fraction of sp³-hybridized carbons (Fsp3) is 0.500. The fourth-order valence-electron chi connectivity index (χ4n) is 4.52. The fourth-order valence-corrected chi connectivity index (χ4v) is 6.32. The molecule has 10 heteroatoms. The highest BCUT2D eigenvalue weighted by Gasteiger charge is 2.38. The Morgan fingerprint density at radius 2 is 1.75 bits per heavy atom. The molecule has 1 aromatic carbocycles. The van der Waals surface area contributed by atoms with Crippen LogP contribution in [0.3, 0.4) is 0 Å². The standard InChI is InChI=1S/C26H34N4O5S/c1-16(2)24-29-28-23-13-8-18(15-30(23)24)17-6-9-19(10-7-17)36(33,34)20-11-12-21(22(31)14-20)27-25(32)35-26(3,4)5/h6-10,13,15-16,20-22,31H,11-12,14H2,1-5H3,(H,27,32)/t20-,21-,22-/m1/s1. The number of aromatic nitrogens is 3. The summed E-state index contributed by atoms with van der Waals surface area (Å²) in [5.74, 6) is 1.08. The highest BCUT2D eigenvalue weighted by Crippen LogP contribution is 2.31. The molecule has 194 valence electrons. The summed E-state index contributed by atoms with van der Waals surface area (Å²) >= 11 is 0. The molecule has 1 aliphatic carbocycles. The molecule has 2 N–H and O–H groups in total. The van der Waals surface area contributed by atoms with Crippen molar-refractivity contribution in [1.29, 1.82) is 0 Å². The van der Waals surface area contributed by atoms with Crippen LogP contribution < -0.4 is 5.32 Å². The Morgan fingerprint density at radius 1 is 1.08 bits per heavy atom. The van der Waals surface area contributed by atoms with Crippen molar-refractivity contribution in [3.63, 3.8) is 0 Å². The number of sulfone groups is 1. The molecule has 3 aromatic rings. The highest BCUT2D eigenvalue weighted by molar-refractivity contribution is 7.92. The van der Waals surface area contributed by atoms with E-state index in [2.05, 4.69) is 29.4 Å². The first-order chi connectivity index (χ1) is 16.8. The number of nitrogens with one attached hydrogen (secondary N) is 1. The number of alkyl carbamates (subject to hydrolysis) is 1. The van der Waals surface area contributed by atoms with E-state index in [1.165, 1.54) is 0 Å². The van der Waals surface area contributed by atoms with Gasteiger partial charge in [-0.2, -0.15) is 0 Å². The zero-order valence-electron chi connectivity index (χ0n) is 21.3. The SMILES string of the molecule is CC(C)c1nnc2ccc(-c3ccc(S(=O)(=O)[C@@H]4CC[C@@H](NC(=O)OC(C)(C)C)[C@H](O)C4)cc3)cn12. The van der Waals surface area contributed by atoms with Gasteiger partial charge >= 0.3 is 6.09 Å². The van der Waals surface area contributed by atoms with E-state index < -0.39 is 38.9 Å². The lowest BCUT2D eigenvalue weighted by molar-refractivity contribution is 0.0366. The second-order valence-corrected chi connectivity index (χ2v) is 12.9. The molecule has 0 bridgehead atoms. The van der Waals surface area contributed by atoms with E-state index >= 15 is 0 Å². The number of aliphatic hydroxyl groups is 1. The van der Waals surface area contributed by atoms with Crippen LogP contribution in [0.5, 0.6) is 0 Å².